The van der Waals surface area contributed by atoms with Gasteiger partial charge >= 0.3 is 0 Å². The van der Waals surface area contributed by atoms with E-state index in [1.165, 1.54) is 5.57 Å². The number of aromatic hydroxyl groups is 1. The number of aromatic amines is 1. The highest BCUT2D eigenvalue weighted by Gasteiger charge is 2.41. The van der Waals surface area contributed by atoms with E-state index >= 15 is 0 Å². The highest BCUT2D eigenvalue weighted by Crippen LogP contribution is 2.40. The van der Waals surface area contributed by atoms with E-state index in [2.05, 4.69) is 27.3 Å². The van der Waals surface area contributed by atoms with E-state index < -0.39 is 0 Å². The molecule has 2 atom stereocenters. The molecule has 9 nitrogen and oxygen atoms in total. The van der Waals surface area contributed by atoms with Crippen molar-refractivity contribution in [3.8, 4) is 34.0 Å². The first-order valence-corrected chi connectivity index (χ1v) is 11.1. The second-order valence-electron chi connectivity index (χ2n) is 8.54. The molecule has 2 aliphatic rings. The zero-order chi connectivity index (χ0) is 22.9. The van der Waals surface area contributed by atoms with Gasteiger partial charge in [-0.1, -0.05) is 11.6 Å². The maximum Gasteiger partial charge on any atom is 0.233 e. The van der Waals surface area contributed by atoms with Crippen LogP contribution in [-0.2, 0) is 4.79 Å². The van der Waals surface area contributed by atoms with Gasteiger partial charge < -0.3 is 20.5 Å². The molecule has 3 aromatic rings. The molecule has 0 aliphatic carbocycles. The minimum atomic E-state index is -0.0628. The van der Waals surface area contributed by atoms with Crippen molar-refractivity contribution in [3.05, 3.63) is 54.0 Å². The molecule has 2 aromatic heterocycles. The van der Waals surface area contributed by atoms with E-state index in [1.54, 1.807) is 30.6 Å². The van der Waals surface area contributed by atoms with Crippen molar-refractivity contribution in [3.63, 3.8) is 0 Å². The van der Waals surface area contributed by atoms with E-state index in [0.29, 0.717) is 36.5 Å². The monoisotopic (exact) mass is 446 g/mol. The quantitative estimate of drug-likeness (QED) is 0.530. The van der Waals surface area contributed by atoms with Gasteiger partial charge in [0.15, 0.2) is 0 Å². The number of H-pyrrole nitrogens is 1. The first-order valence-electron chi connectivity index (χ1n) is 11.1. The Balaban J connectivity index is 1.27. The maximum atomic E-state index is 12.5. The predicted octanol–water partition coefficient (Wildman–Crippen LogP) is 3.00. The molecule has 170 valence electrons. The number of nitrogens with two attached hydrogens (primary N) is 1. The third-order valence-electron chi connectivity index (χ3n) is 6.31. The SMILES string of the molecule is CC1=C2C[C@H](Oc3ccc(-c4ccc(-c5cn[nH]c5)cc4O)nn3)C[C@H](C1)N2C(=O)CCN. The Kier molecular flexibility index (Phi) is 5.55. The fraction of sp³-hybridized carbons (Fsp3) is 0.333. The molecule has 0 unspecified atom stereocenters. The van der Waals surface area contributed by atoms with Gasteiger partial charge in [0.05, 0.1) is 11.9 Å². The molecule has 1 amide bonds. The summed E-state index contributed by atoms with van der Waals surface area (Å²) in [6, 6.07) is 9.06. The summed E-state index contributed by atoms with van der Waals surface area (Å²) >= 11 is 0. The van der Waals surface area contributed by atoms with Crippen LogP contribution in [0.2, 0.25) is 0 Å². The van der Waals surface area contributed by atoms with Crippen molar-refractivity contribution in [1.82, 2.24) is 25.3 Å². The summed E-state index contributed by atoms with van der Waals surface area (Å²) < 4.78 is 6.12. The number of amides is 1. The highest BCUT2D eigenvalue weighted by atomic mass is 16.5. The summed E-state index contributed by atoms with van der Waals surface area (Å²) in [4.78, 5) is 14.4. The van der Waals surface area contributed by atoms with Gasteiger partial charge in [0.2, 0.25) is 11.8 Å². The molecule has 1 fully saturated rings. The average molecular weight is 447 g/mol. The number of fused-ring (bicyclic) bond motifs is 2. The van der Waals surface area contributed by atoms with Gasteiger partial charge in [0, 0.05) is 60.9 Å². The van der Waals surface area contributed by atoms with Gasteiger partial charge in [0.1, 0.15) is 11.9 Å². The number of aromatic nitrogens is 4. The molecule has 0 spiro atoms. The van der Waals surface area contributed by atoms with Crippen LogP contribution >= 0.6 is 0 Å². The molecule has 5 rings (SSSR count). The Morgan fingerprint density at radius 3 is 2.79 bits per heavy atom. The number of piperidine rings is 1. The molecule has 4 heterocycles. The van der Waals surface area contributed by atoms with Crippen molar-refractivity contribution >= 4 is 5.91 Å². The van der Waals surface area contributed by atoms with E-state index in [-0.39, 0.29) is 23.8 Å². The van der Waals surface area contributed by atoms with Crippen LogP contribution in [0.4, 0.5) is 0 Å². The standard InChI is InChI=1S/C24H26N6O3/c1-14-8-17-10-18(11-21(14)30(17)24(32)6-7-25)33-23-5-4-20(28-29-23)19-3-2-15(9-22(19)31)16-12-26-27-13-16/h2-5,9,12-13,17-18,31H,6-8,10-11,25H2,1H3,(H,26,27)/t17-,18+/m0/s1. The first kappa shape index (κ1) is 21.1. The van der Waals surface area contributed by atoms with Gasteiger partial charge in [-0.2, -0.15) is 5.10 Å². The zero-order valence-electron chi connectivity index (χ0n) is 18.4. The number of carbonyl (C=O) groups excluding carboxylic acids is 1. The molecular formula is C24H26N6O3. The van der Waals surface area contributed by atoms with Gasteiger partial charge in [-0.25, -0.2) is 0 Å². The lowest BCUT2D eigenvalue weighted by Gasteiger charge is -2.36. The van der Waals surface area contributed by atoms with Crippen LogP contribution in [0.3, 0.4) is 0 Å². The Morgan fingerprint density at radius 1 is 1.24 bits per heavy atom. The maximum absolute atomic E-state index is 12.5. The number of ether oxygens (including phenoxy) is 1. The number of nitrogens with one attached hydrogen (secondary N) is 1. The molecule has 1 saturated heterocycles. The summed E-state index contributed by atoms with van der Waals surface area (Å²) in [7, 11) is 0. The number of rotatable bonds is 6. The molecule has 2 aliphatic heterocycles. The van der Waals surface area contributed by atoms with Crippen LogP contribution in [0.5, 0.6) is 11.6 Å². The molecular weight excluding hydrogens is 420 g/mol. The molecule has 1 aromatic carbocycles. The van der Waals surface area contributed by atoms with Crippen molar-refractivity contribution in [2.45, 2.75) is 44.8 Å². The zero-order valence-corrected chi connectivity index (χ0v) is 18.4. The fourth-order valence-electron chi connectivity index (χ4n) is 4.77. The normalized spacial score (nSPS) is 19.8. The van der Waals surface area contributed by atoms with Crippen LogP contribution in [0, 0.1) is 0 Å². The Hall–Kier alpha value is -3.72. The van der Waals surface area contributed by atoms with E-state index in [9.17, 15) is 9.90 Å². The summed E-state index contributed by atoms with van der Waals surface area (Å²) in [5, 5.41) is 25.7. The van der Waals surface area contributed by atoms with Crippen molar-refractivity contribution in [1.29, 1.82) is 0 Å². The second-order valence-corrected chi connectivity index (χ2v) is 8.54. The minimum absolute atomic E-state index is 0.0628. The van der Waals surface area contributed by atoms with Crippen molar-refractivity contribution < 1.29 is 14.6 Å². The predicted molar refractivity (Wildman–Crippen MR) is 122 cm³/mol. The largest absolute Gasteiger partial charge is 0.507 e. The van der Waals surface area contributed by atoms with Crippen LogP contribution in [-0.4, -0.2) is 55.0 Å². The molecule has 33 heavy (non-hydrogen) atoms. The molecule has 9 heteroatoms. The van der Waals surface area contributed by atoms with E-state index in [1.807, 2.05) is 17.0 Å². The summed E-state index contributed by atoms with van der Waals surface area (Å²) in [5.41, 5.74) is 10.8. The molecule has 2 bridgehead atoms. The number of hydrogen-bond acceptors (Lipinski definition) is 7. The van der Waals surface area contributed by atoms with Crippen molar-refractivity contribution in [2.24, 2.45) is 5.73 Å². The number of benzene rings is 1. The number of nitrogens with zero attached hydrogens (tertiary/aromatic N) is 4. The summed E-state index contributed by atoms with van der Waals surface area (Å²) in [6.45, 7) is 2.44. The lowest BCUT2D eigenvalue weighted by molar-refractivity contribution is -0.132. The smallest absolute Gasteiger partial charge is 0.233 e. The number of phenols is 1. The molecule has 0 saturated carbocycles. The number of phenolic OH excluding ortho intramolecular Hbond substituents is 1. The average Bonchev–Trinajstić information content (AvgIpc) is 3.40. The second kappa shape index (κ2) is 8.67. The Bertz CT molecular complexity index is 1190. The number of carbonyl (C=O) groups is 1. The van der Waals surface area contributed by atoms with Gasteiger partial charge in [0.25, 0.3) is 0 Å². The van der Waals surface area contributed by atoms with Gasteiger partial charge in [-0.3, -0.25) is 9.89 Å². The number of hydrogen-bond donors (Lipinski definition) is 3. The first-order chi connectivity index (χ1) is 16.0. The Labute approximate surface area is 191 Å². The summed E-state index contributed by atoms with van der Waals surface area (Å²) in [6.07, 6.45) is 6.05. The summed E-state index contributed by atoms with van der Waals surface area (Å²) in [5.74, 6) is 0.637. The van der Waals surface area contributed by atoms with Crippen molar-refractivity contribution in [2.75, 3.05) is 6.54 Å². The van der Waals surface area contributed by atoms with Crippen LogP contribution < -0.4 is 10.5 Å². The third-order valence-corrected chi connectivity index (χ3v) is 6.31. The fourth-order valence-corrected chi connectivity index (χ4v) is 4.77. The third kappa shape index (κ3) is 4.07. The van der Waals surface area contributed by atoms with E-state index in [4.69, 9.17) is 10.5 Å². The topological polar surface area (TPSA) is 130 Å². The molecule has 0 radical (unpaired) electrons. The van der Waals surface area contributed by atoms with E-state index in [0.717, 1.165) is 29.7 Å². The van der Waals surface area contributed by atoms with Crippen LogP contribution in [0.15, 0.2) is 54.0 Å². The Morgan fingerprint density at radius 2 is 2.12 bits per heavy atom. The minimum Gasteiger partial charge on any atom is -0.507 e. The van der Waals surface area contributed by atoms with Gasteiger partial charge in [-0.05, 0) is 37.1 Å². The lowest BCUT2D eigenvalue weighted by atomic mass is 10.00. The van der Waals surface area contributed by atoms with Crippen LogP contribution in [0.25, 0.3) is 22.4 Å². The van der Waals surface area contributed by atoms with Crippen LogP contribution in [0.1, 0.15) is 32.6 Å². The molecule has 4 N–H and O–H groups in total. The van der Waals surface area contributed by atoms with Gasteiger partial charge in [-0.15, -0.1) is 10.2 Å². The highest BCUT2D eigenvalue weighted by molar-refractivity contribution is 5.80. The lowest BCUT2D eigenvalue weighted by Crippen LogP contribution is -2.44.